The van der Waals surface area contributed by atoms with Crippen molar-refractivity contribution in [1.82, 2.24) is 24.6 Å². The number of rotatable bonds is 5. The molecule has 0 spiro atoms. The molecule has 8 heteroatoms. The monoisotopic (exact) mass is 345 g/mol. The van der Waals surface area contributed by atoms with Crippen LogP contribution < -0.4 is 0 Å². The summed E-state index contributed by atoms with van der Waals surface area (Å²) in [5.74, 6) is 0.334. The number of pyridine rings is 1. The largest absolute Gasteiger partial charge is 0.396 e. The Balaban J connectivity index is 1.75. The number of carbonyl (C=O) groups excluding carboxylic acids is 1. The molecule has 8 nitrogen and oxygen atoms in total. The molecule has 2 aromatic heterocycles. The Kier molecular flexibility index (Phi) is 5.10. The first kappa shape index (κ1) is 17.5. The Labute approximate surface area is 146 Å². The fraction of sp³-hybridized carbons (Fsp3) is 0.529. The van der Waals surface area contributed by atoms with Crippen LogP contribution in [0.2, 0.25) is 0 Å². The molecule has 25 heavy (non-hydrogen) atoms. The van der Waals surface area contributed by atoms with E-state index in [-0.39, 0.29) is 19.1 Å². The maximum absolute atomic E-state index is 12.8. The Bertz CT molecular complexity index is 721. The molecule has 3 rings (SSSR count). The van der Waals surface area contributed by atoms with Crippen LogP contribution in [0.25, 0.3) is 5.82 Å². The number of hydrogen-bond donors (Lipinski definition) is 2. The van der Waals surface area contributed by atoms with Gasteiger partial charge in [-0.1, -0.05) is 19.4 Å². The third-order valence-electron chi connectivity index (χ3n) is 4.97. The third kappa shape index (κ3) is 3.40. The average Bonchev–Trinajstić information content (AvgIpc) is 3.18. The van der Waals surface area contributed by atoms with E-state index in [1.165, 1.54) is 12.7 Å². The van der Waals surface area contributed by atoms with E-state index in [1.54, 1.807) is 27.7 Å². The highest BCUT2D eigenvalue weighted by molar-refractivity contribution is 5.92. The number of aliphatic hydroxyl groups excluding tert-OH is 2. The number of β-amino-alcohol motifs (C(OH)–C–C–N with tert-alkyl or cyclic N) is 1. The Morgan fingerprint density at radius 2 is 2.12 bits per heavy atom. The molecule has 1 fully saturated rings. The lowest BCUT2D eigenvalue weighted by atomic mass is 9.73. The van der Waals surface area contributed by atoms with E-state index in [0.717, 1.165) is 12.8 Å². The number of carbonyl (C=O) groups is 1. The van der Waals surface area contributed by atoms with Gasteiger partial charge in [-0.15, -0.1) is 10.2 Å². The van der Waals surface area contributed by atoms with Crippen molar-refractivity contribution in [3.8, 4) is 5.82 Å². The topological polar surface area (TPSA) is 104 Å². The summed E-state index contributed by atoms with van der Waals surface area (Å²) in [5, 5.41) is 27.7. The fourth-order valence-electron chi connectivity index (χ4n) is 3.42. The first-order valence-electron chi connectivity index (χ1n) is 8.50. The molecule has 1 aliphatic heterocycles. The highest BCUT2D eigenvalue weighted by Crippen LogP contribution is 2.36. The molecule has 0 unspecified atom stereocenters. The molecule has 1 saturated heterocycles. The lowest BCUT2D eigenvalue weighted by Crippen LogP contribution is -2.54. The van der Waals surface area contributed by atoms with Crippen LogP contribution in [0, 0.1) is 5.41 Å². The standard InChI is InChI=1S/C17H23N5O3/c1-2-6-17(10-23)7-8-21(9-14(17)24)16(25)13-4-3-5-15(20-13)22-11-18-19-12-22/h3-5,11-12,14,23-24H,2,6-10H2,1H3/t14-,17+/m0/s1. The zero-order valence-electron chi connectivity index (χ0n) is 14.2. The second-order valence-electron chi connectivity index (χ2n) is 6.54. The maximum atomic E-state index is 12.8. The summed E-state index contributed by atoms with van der Waals surface area (Å²) in [4.78, 5) is 18.7. The van der Waals surface area contributed by atoms with E-state index >= 15 is 0 Å². The third-order valence-corrected chi connectivity index (χ3v) is 4.97. The van der Waals surface area contributed by atoms with Gasteiger partial charge in [0.15, 0.2) is 0 Å². The summed E-state index contributed by atoms with van der Waals surface area (Å²) >= 11 is 0. The molecule has 1 amide bonds. The van der Waals surface area contributed by atoms with Crippen molar-refractivity contribution in [2.45, 2.75) is 32.3 Å². The fourth-order valence-corrected chi connectivity index (χ4v) is 3.42. The van der Waals surface area contributed by atoms with Crippen molar-refractivity contribution in [3.05, 3.63) is 36.5 Å². The Morgan fingerprint density at radius 1 is 1.36 bits per heavy atom. The summed E-state index contributed by atoms with van der Waals surface area (Å²) in [6.45, 7) is 2.67. The van der Waals surface area contributed by atoms with Crippen molar-refractivity contribution in [1.29, 1.82) is 0 Å². The zero-order chi connectivity index (χ0) is 17.9. The molecule has 2 N–H and O–H groups in total. The molecule has 0 aliphatic carbocycles. The SMILES string of the molecule is CCC[C@]1(CO)CCN(C(=O)c2cccc(-n3cnnc3)n2)C[C@@H]1O. The van der Waals surface area contributed by atoms with E-state index in [1.807, 2.05) is 6.92 Å². The van der Waals surface area contributed by atoms with Crippen LogP contribution in [0.4, 0.5) is 0 Å². The number of aromatic nitrogens is 4. The van der Waals surface area contributed by atoms with Gasteiger partial charge < -0.3 is 15.1 Å². The van der Waals surface area contributed by atoms with Gasteiger partial charge in [0.05, 0.1) is 12.7 Å². The highest BCUT2D eigenvalue weighted by Gasteiger charge is 2.42. The van der Waals surface area contributed by atoms with Gasteiger partial charge in [0, 0.05) is 18.5 Å². The molecule has 2 atom stereocenters. The predicted octanol–water partition coefficient (Wildman–Crippen LogP) is 0.648. The molecule has 0 bridgehead atoms. The summed E-state index contributed by atoms with van der Waals surface area (Å²) in [7, 11) is 0. The first-order valence-corrected chi connectivity index (χ1v) is 8.50. The van der Waals surface area contributed by atoms with Crippen molar-refractivity contribution in [3.63, 3.8) is 0 Å². The number of hydrogen-bond acceptors (Lipinski definition) is 6. The molecule has 0 radical (unpaired) electrons. The Morgan fingerprint density at radius 3 is 2.76 bits per heavy atom. The zero-order valence-corrected chi connectivity index (χ0v) is 14.2. The van der Waals surface area contributed by atoms with Gasteiger partial charge in [-0.25, -0.2) is 4.98 Å². The van der Waals surface area contributed by atoms with Gasteiger partial charge in [-0.2, -0.15) is 0 Å². The molecule has 134 valence electrons. The number of aliphatic hydroxyl groups is 2. The molecule has 0 saturated carbocycles. The number of likely N-dealkylation sites (tertiary alicyclic amines) is 1. The van der Waals surface area contributed by atoms with E-state index < -0.39 is 11.5 Å². The molecule has 1 aliphatic rings. The normalized spacial score (nSPS) is 23.6. The van der Waals surface area contributed by atoms with E-state index in [2.05, 4.69) is 15.2 Å². The predicted molar refractivity (Wildman–Crippen MR) is 90.1 cm³/mol. The van der Waals surface area contributed by atoms with Crippen LogP contribution in [-0.2, 0) is 0 Å². The van der Waals surface area contributed by atoms with Crippen LogP contribution in [0.3, 0.4) is 0 Å². The van der Waals surface area contributed by atoms with Gasteiger partial charge in [0.2, 0.25) is 0 Å². The van der Waals surface area contributed by atoms with Crippen LogP contribution >= 0.6 is 0 Å². The molecule has 3 heterocycles. The van der Waals surface area contributed by atoms with Crippen LogP contribution in [0.15, 0.2) is 30.9 Å². The van der Waals surface area contributed by atoms with Crippen molar-refractivity contribution in [2.24, 2.45) is 5.41 Å². The Hall–Kier alpha value is -2.32. The number of piperidine rings is 1. The van der Waals surface area contributed by atoms with Crippen LogP contribution in [0.5, 0.6) is 0 Å². The second kappa shape index (κ2) is 7.28. The van der Waals surface area contributed by atoms with Gasteiger partial charge >= 0.3 is 0 Å². The number of nitrogens with zero attached hydrogens (tertiary/aromatic N) is 5. The van der Waals surface area contributed by atoms with Gasteiger partial charge in [-0.3, -0.25) is 9.36 Å². The first-order chi connectivity index (χ1) is 12.1. The van der Waals surface area contributed by atoms with Crippen molar-refractivity contribution < 1.29 is 15.0 Å². The molecule has 0 aromatic carbocycles. The van der Waals surface area contributed by atoms with Gasteiger partial charge in [0.1, 0.15) is 24.2 Å². The minimum absolute atomic E-state index is 0.0641. The van der Waals surface area contributed by atoms with Crippen molar-refractivity contribution in [2.75, 3.05) is 19.7 Å². The number of amides is 1. The van der Waals surface area contributed by atoms with E-state index in [4.69, 9.17) is 0 Å². The lowest BCUT2D eigenvalue weighted by Gasteiger charge is -2.44. The summed E-state index contributed by atoms with van der Waals surface area (Å²) in [5.41, 5.74) is -0.200. The minimum atomic E-state index is -0.740. The van der Waals surface area contributed by atoms with Gasteiger partial charge in [0.25, 0.3) is 5.91 Å². The van der Waals surface area contributed by atoms with Crippen LogP contribution in [0.1, 0.15) is 36.7 Å². The highest BCUT2D eigenvalue weighted by atomic mass is 16.3. The summed E-state index contributed by atoms with van der Waals surface area (Å²) < 4.78 is 1.62. The molecule has 2 aromatic rings. The summed E-state index contributed by atoms with van der Waals surface area (Å²) in [6, 6.07) is 5.18. The average molecular weight is 345 g/mol. The quantitative estimate of drug-likeness (QED) is 0.824. The summed E-state index contributed by atoms with van der Waals surface area (Å²) in [6.07, 6.45) is 4.50. The lowest BCUT2D eigenvalue weighted by molar-refractivity contribution is -0.0714. The molecular weight excluding hydrogens is 322 g/mol. The smallest absolute Gasteiger partial charge is 0.272 e. The second-order valence-corrected chi connectivity index (χ2v) is 6.54. The van der Waals surface area contributed by atoms with E-state index in [0.29, 0.717) is 24.5 Å². The molecular formula is C17H23N5O3. The maximum Gasteiger partial charge on any atom is 0.272 e. The van der Waals surface area contributed by atoms with Crippen LogP contribution in [-0.4, -0.2) is 66.6 Å². The minimum Gasteiger partial charge on any atom is -0.396 e. The van der Waals surface area contributed by atoms with Gasteiger partial charge in [-0.05, 0) is 25.0 Å². The van der Waals surface area contributed by atoms with Crippen molar-refractivity contribution >= 4 is 5.91 Å². The van der Waals surface area contributed by atoms with E-state index in [9.17, 15) is 15.0 Å².